The molecule has 0 aliphatic rings. The summed E-state index contributed by atoms with van der Waals surface area (Å²) in [7, 11) is -1.49. The predicted octanol–water partition coefficient (Wildman–Crippen LogP) is 12.8. The number of nitrogens with zero attached hydrogens (tertiary/aromatic N) is 2. The lowest BCUT2D eigenvalue weighted by molar-refractivity contribution is 0.623. The zero-order valence-corrected chi connectivity index (χ0v) is 33.4. The highest BCUT2D eigenvalue weighted by Gasteiger charge is 2.28. The standard InChI is InChI=1S/C55H35N2O2Si/c1-4-15-38(16-5-1)55-56-46-32-30-37-28-27-36-29-31-41(35-44(36)52(37)54(46)59-55)57(48-24-14-25-49-53(48)45-33-39-17-10-11-18-40(39)34-50(45)58-49)47-23-12-13-26-51(47)60(42-19-6-2-7-20-42)43-21-8-3-9-22-43/h1-35H. The smallest absolute Gasteiger partial charge is 0.227 e. The number of fused-ring (bicyclic) bond motifs is 9. The number of hydrogen-bond donors (Lipinski definition) is 0. The average molecular weight is 784 g/mol. The van der Waals surface area contributed by atoms with Gasteiger partial charge >= 0.3 is 0 Å². The molecule has 10 aromatic carbocycles. The van der Waals surface area contributed by atoms with Gasteiger partial charge in [0.25, 0.3) is 0 Å². The Hall–Kier alpha value is -7.73. The van der Waals surface area contributed by atoms with Gasteiger partial charge in [-0.2, -0.15) is 0 Å². The molecule has 0 saturated heterocycles. The Morgan fingerprint density at radius 2 is 1.05 bits per heavy atom. The van der Waals surface area contributed by atoms with Crippen LogP contribution in [0.1, 0.15) is 0 Å². The predicted molar refractivity (Wildman–Crippen MR) is 251 cm³/mol. The molecule has 0 unspecified atom stereocenters. The monoisotopic (exact) mass is 783 g/mol. The van der Waals surface area contributed by atoms with Crippen LogP contribution in [0.15, 0.2) is 221 Å². The van der Waals surface area contributed by atoms with Gasteiger partial charge in [-0.05, 0) is 92.8 Å². The number of aromatic nitrogens is 1. The molecule has 4 nitrogen and oxygen atoms in total. The minimum Gasteiger partial charge on any atom is -0.456 e. The van der Waals surface area contributed by atoms with Crippen molar-refractivity contribution in [2.45, 2.75) is 0 Å². The van der Waals surface area contributed by atoms with Gasteiger partial charge in [0, 0.05) is 27.7 Å². The average Bonchev–Trinajstić information content (AvgIpc) is 3.92. The Bertz CT molecular complexity index is 3520. The number of furan rings is 1. The molecule has 0 aliphatic carbocycles. The van der Waals surface area contributed by atoms with E-state index >= 15 is 0 Å². The van der Waals surface area contributed by atoms with Crippen LogP contribution in [-0.4, -0.2) is 13.8 Å². The van der Waals surface area contributed by atoms with Crippen molar-refractivity contribution in [3.63, 3.8) is 0 Å². The van der Waals surface area contributed by atoms with E-state index in [2.05, 4.69) is 187 Å². The first kappa shape index (κ1) is 34.3. The fourth-order valence-electron chi connectivity index (χ4n) is 9.01. The van der Waals surface area contributed by atoms with Crippen LogP contribution in [0.4, 0.5) is 17.1 Å². The first-order valence-corrected chi connectivity index (χ1v) is 21.8. The molecule has 0 amide bonds. The van der Waals surface area contributed by atoms with E-state index < -0.39 is 8.80 Å². The van der Waals surface area contributed by atoms with Crippen molar-refractivity contribution in [3.8, 4) is 11.5 Å². The van der Waals surface area contributed by atoms with Crippen LogP contribution in [0.25, 0.3) is 76.8 Å². The van der Waals surface area contributed by atoms with E-state index in [1.807, 2.05) is 30.3 Å². The molecule has 0 N–H and O–H groups in total. The van der Waals surface area contributed by atoms with Gasteiger partial charge < -0.3 is 13.7 Å². The van der Waals surface area contributed by atoms with Gasteiger partial charge in [-0.3, -0.25) is 0 Å². The van der Waals surface area contributed by atoms with Crippen LogP contribution in [-0.2, 0) is 0 Å². The van der Waals surface area contributed by atoms with Crippen molar-refractivity contribution < 1.29 is 8.83 Å². The summed E-state index contributed by atoms with van der Waals surface area (Å²) in [5, 5.41) is 12.8. The molecular formula is C55H35N2O2Si. The molecule has 60 heavy (non-hydrogen) atoms. The fraction of sp³-hybridized carbons (Fsp3) is 0. The van der Waals surface area contributed by atoms with Gasteiger partial charge in [-0.15, -0.1) is 0 Å². The highest BCUT2D eigenvalue weighted by atomic mass is 28.3. The van der Waals surface area contributed by atoms with E-state index in [1.165, 1.54) is 20.9 Å². The van der Waals surface area contributed by atoms with Crippen molar-refractivity contribution in [3.05, 3.63) is 212 Å². The molecule has 12 aromatic rings. The third-order valence-electron chi connectivity index (χ3n) is 11.7. The van der Waals surface area contributed by atoms with Crippen molar-refractivity contribution in [1.29, 1.82) is 0 Å². The zero-order valence-electron chi connectivity index (χ0n) is 32.4. The zero-order chi connectivity index (χ0) is 39.6. The third-order valence-corrected chi connectivity index (χ3v) is 14.5. The molecular weight excluding hydrogens is 749 g/mol. The molecule has 2 aromatic heterocycles. The summed E-state index contributed by atoms with van der Waals surface area (Å²) in [6.07, 6.45) is 0. The second kappa shape index (κ2) is 14.0. The van der Waals surface area contributed by atoms with Gasteiger partial charge in [0.1, 0.15) is 16.7 Å². The molecule has 2 heterocycles. The van der Waals surface area contributed by atoms with Crippen LogP contribution in [0.5, 0.6) is 0 Å². The molecule has 0 bridgehead atoms. The molecule has 0 atom stereocenters. The molecule has 0 saturated carbocycles. The van der Waals surface area contributed by atoms with Crippen LogP contribution in [0.2, 0.25) is 0 Å². The summed E-state index contributed by atoms with van der Waals surface area (Å²) >= 11 is 0. The van der Waals surface area contributed by atoms with Crippen molar-refractivity contribution in [2.24, 2.45) is 0 Å². The van der Waals surface area contributed by atoms with E-state index in [0.29, 0.717) is 5.89 Å². The second-order valence-corrected chi connectivity index (χ2v) is 17.7. The summed E-state index contributed by atoms with van der Waals surface area (Å²) in [5.41, 5.74) is 7.50. The normalized spacial score (nSPS) is 11.8. The maximum absolute atomic E-state index is 6.71. The SMILES string of the molecule is c1ccc(-c2nc3ccc4ccc5ccc(N(c6ccccc6[Si](c6ccccc6)c6ccccc6)c6cccc7oc8cc9ccccc9cc8c67)cc5c4c3o2)cc1. The maximum atomic E-state index is 6.71. The molecule has 0 fully saturated rings. The lowest BCUT2D eigenvalue weighted by Gasteiger charge is -2.31. The van der Waals surface area contributed by atoms with Gasteiger partial charge in [0.2, 0.25) is 5.89 Å². The van der Waals surface area contributed by atoms with Crippen LogP contribution >= 0.6 is 0 Å². The quantitative estimate of drug-likeness (QED) is 0.0917. The van der Waals surface area contributed by atoms with Crippen molar-refractivity contribution in [2.75, 3.05) is 4.90 Å². The van der Waals surface area contributed by atoms with Gasteiger partial charge in [-0.25, -0.2) is 4.98 Å². The Balaban J connectivity index is 1.16. The van der Waals surface area contributed by atoms with Gasteiger partial charge in [0.05, 0.1) is 11.1 Å². The Morgan fingerprint density at radius 1 is 0.417 bits per heavy atom. The topological polar surface area (TPSA) is 42.4 Å². The number of rotatable bonds is 7. The van der Waals surface area contributed by atoms with E-state index in [1.54, 1.807) is 0 Å². The molecule has 12 rings (SSSR count). The molecule has 0 spiro atoms. The van der Waals surface area contributed by atoms with E-state index in [4.69, 9.17) is 13.8 Å². The maximum Gasteiger partial charge on any atom is 0.227 e. The van der Waals surface area contributed by atoms with Crippen LogP contribution < -0.4 is 20.5 Å². The van der Waals surface area contributed by atoms with Crippen molar-refractivity contribution in [1.82, 2.24) is 4.98 Å². The van der Waals surface area contributed by atoms with Gasteiger partial charge in [-0.1, -0.05) is 162 Å². The molecule has 0 aliphatic heterocycles. The molecule has 1 radical (unpaired) electrons. The fourth-order valence-corrected chi connectivity index (χ4v) is 11.7. The number of para-hydroxylation sites is 1. The Labute approximate surface area is 347 Å². The number of benzene rings is 10. The largest absolute Gasteiger partial charge is 0.456 e. The third kappa shape index (κ3) is 5.63. The number of anilines is 3. The summed E-state index contributed by atoms with van der Waals surface area (Å²) in [5.74, 6) is 0.615. The Morgan fingerprint density at radius 3 is 1.83 bits per heavy atom. The number of hydrogen-bond acceptors (Lipinski definition) is 4. The minimum absolute atomic E-state index is 0.615. The molecule has 281 valence electrons. The Kier molecular flexibility index (Phi) is 8.00. The lowest BCUT2D eigenvalue weighted by atomic mass is 9.99. The lowest BCUT2D eigenvalue weighted by Crippen LogP contribution is -2.53. The summed E-state index contributed by atoms with van der Waals surface area (Å²) in [6, 6.07) is 76.0. The highest BCUT2D eigenvalue weighted by Crippen LogP contribution is 2.45. The summed E-state index contributed by atoms with van der Waals surface area (Å²) in [4.78, 5) is 7.44. The molecule has 5 heteroatoms. The highest BCUT2D eigenvalue weighted by molar-refractivity contribution is 6.96. The van der Waals surface area contributed by atoms with Crippen LogP contribution in [0, 0.1) is 0 Å². The van der Waals surface area contributed by atoms with Crippen molar-refractivity contribution >= 4 is 107 Å². The van der Waals surface area contributed by atoms with E-state index in [0.717, 1.165) is 82.6 Å². The first-order chi connectivity index (χ1) is 29.7. The van der Waals surface area contributed by atoms with E-state index in [-0.39, 0.29) is 0 Å². The van der Waals surface area contributed by atoms with E-state index in [9.17, 15) is 0 Å². The minimum atomic E-state index is -1.49. The van der Waals surface area contributed by atoms with Gasteiger partial charge in [0.15, 0.2) is 14.4 Å². The second-order valence-electron chi connectivity index (χ2n) is 15.3. The number of oxazole rings is 1. The van der Waals surface area contributed by atoms with Crippen LogP contribution in [0.3, 0.4) is 0 Å². The summed E-state index contributed by atoms with van der Waals surface area (Å²) < 4.78 is 13.4. The summed E-state index contributed by atoms with van der Waals surface area (Å²) in [6.45, 7) is 0. The first-order valence-electron chi connectivity index (χ1n) is 20.3.